The quantitative estimate of drug-likeness (QED) is 0.597. The van der Waals surface area contributed by atoms with E-state index in [1.165, 1.54) is 11.3 Å². The Bertz CT molecular complexity index is 866. The summed E-state index contributed by atoms with van der Waals surface area (Å²) in [6, 6.07) is 16.8. The van der Waals surface area contributed by atoms with Crippen LogP contribution in [0.25, 0.3) is 0 Å². The van der Waals surface area contributed by atoms with E-state index in [1.807, 2.05) is 18.2 Å². The SMILES string of the molecule is CN(C)CCN(C)c1ccc(C#N)c(CN2CCN(CCc3ccc(Cl)cc3)CC2)c1. The second-order valence-corrected chi connectivity index (χ2v) is 9.11. The summed E-state index contributed by atoms with van der Waals surface area (Å²) in [4.78, 5) is 9.45. The summed E-state index contributed by atoms with van der Waals surface area (Å²) in [7, 11) is 6.30. The van der Waals surface area contributed by atoms with Gasteiger partial charge in [-0.15, -0.1) is 0 Å². The Hall–Kier alpha value is -2.10. The molecule has 0 aliphatic carbocycles. The van der Waals surface area contributed by atoms with Crippen LogP contribution in [0.15, 0.2) is 42.5 Å². The van der Waals surface area contributed by atoms with E-state index in [2.05, 4.69) is 71.1 Å². The Morgan fingerprint density at radius 3 is 2.26 bits per heavy atom. The number of nitriles is 1. The number of hydrogen-bond acceptors (Lipinski definition) is 5. The smallest absolute Gasteiger partial charge is 0.0995 e. The zero-order valence-corrected chi connectivity index (χ0v) is 19.8. The number of likely N-dealkylation sites (N-methyl/N-ethyl adjacent to an activating group) is 2. The highest BCUT2D eigenvalue weighted by atomic mass is 35.5. The number of halogens is 1. The van der Waals surface area contributed by atoms with Crippen LogP contribution in [0, 0.1) is 11.3 Å². The minimum absolute atomic E-state index is 0.787. The molecule has 3 rings (SSSR count). The van der Waals surface area contributed by atoms with Crippen molar-refractivity contribution in [1.29, 1.82) is 5.26 Å². The van der Waals surface area contributed by atoms with Crippen LogP contribution in [0.5, 0.6) is 0 Å². The first-order valence-corrected chi connectivity index (χ1v) is 11.4. The third kappa shape index (κ3) is 7.22. The zero-order chi connectivity index (χ0) is 22.2. The number of anilines is 1. The van der Waals surface area contributed by atoms with Crippen molar-refractivity contribution in [1.82, 2.24) is 14.7 Å². The van der Waals surface area contributed by atoms with Gasteiger partial charge in [0.1, 0.15) is 0 Å². The standard InChI is InChI=1S/C25H34ClN5/c1-28(2)12-13-29(3)25-9-6-22(19-27)23(18-25)20-31-16-14-30(15-17-31)11-10-21-4-7-24(26)8-5-21/h4-9,18H,10-17,20H2,1-3H3. The second kappa shape index (κ2) is 11.5. The third-order valence-electron chi connectivity index (χ3n) is 6.02. The van der Waals surface area contributed by atoms with E-state index in [0.29, 0.717) is 0 Å². The van der Waals surface area contributed by atoms with E-state index in [9.17, 15) is 5.26 Å². The largest absolute Gasteiger partial charge is 0.373 e. The van der Waals surface area contributed by atoms with Crippen molar-refractivity contribution >= 4 is 17.3 Å². The van der Waals surface area contributed by atoms with Gasteiger partial charge in [0.2, 0.25) is 0 Å². The molecule has 5 nitrogen and oxygen atoms in total. The lowest BCUT2D eigenvalue weighted by Gasteiger charge is -2.35. The van der Waals surface area contributed by atoms with Crippen LogP contribution in [0.3, 0.4) is 0 Å². The van der Waals surface area contributed by atoms with E-state index in [4.69, 9.17) is 11.6 Å². The van der Waals surface area contributed by atoms with Gasteiger partial charge in [0.25, 0.3) is 0 Å². The minimum atomic E-state index is 0.787. The average Bonchev–Trinajstić information content (AvgIpc) is 2.78. The maximum absolute atomic E-state index is 9.59. The van der Waals surface area contributed by atoms with Crippen LogP contribution in [0.1, 0.15) is 16.7 Å². The van der Waals surface area contributed by atoms with Crippen LogP contribution in [-0.2, 0) is 13.0 Å². The van der Waals surface area contributed by atoms with Crippen molar-refractivity contribution in [2.75, 3.05) is 71.9 Å². The molecule has 0 saturated carbocycles. The van der Waals surface area contributed by atoms with Gasteiger partial charge in [-0.05, 0) is 62.0 Å². The molecule has 0 aromatic heterocycles. The van der Waals surface area contributed by atoms with Crippen LogP contribution < -0.4 is 4.90 Å². The highest BCUT2D eigenvalue weighted by Crippen LogP contribution is 2.21. The lowest BCUT2D eigenvalue weighted by molar-refractivity contribution is 0.128. The molecule has 1 fully saturated rings. The van der Waals surface area contributed by atoms with E-state index in [0.717, 1.165) is 74.9 Å². The Kier molecular flexibility index (Phi) is 8.74. The fourth-order valence-corrected chi connectivity index (χ4v) is 4.01. The summed E-state index contributed by atoms with van der Waals surface area (Å²) in [6.45, 7) is 8.08. The van der Waals surface area contributed by atoms with Crippen molar-refractivity contribution in [3.05, 3.63) is 64.2 Å². The number of piperazine rings is 1. The second-order valence-electron chi connectivity index (χ2n) is 8.67. The van der Waals surface area contributed by atoms with Crippen LogP contribution >= 0.6 is 11.6 Å². The van der Waals surface area contributed by atoms with Gasteiger partial charge in [-0.2, -0.15) is 5.26 Å². The summed E-state index contributed by atoms with van der Waals surface area (Å²) >= 11 is 5.98. The molecule has 0 unspecified atom stereocenters. The van der Waals surface area contributed by atoms with Gasteiger partial charge < -0.3 is 14.7 Å². The first-order valence-electron chi connectivity index (χ1n) is 11.0. The predicted molar refractivity (Wildman–Crippen MR) is 130 cm³/mol. The first kappa shape index (κ1) is 23.6. The van der Waals surface area contributed by atoms with Crippen LogP contribution in [0.4, 0.5) is 5.69 Å². The topological polar surface area (TPSA) is 36.8 Å². The van der Waals surface area contributed by atoms with Gasteiger partial charge in [0, 0.05) is 70.1 Å². The lowest BCUT2D eigenvalue weighted by atomic mass is 10.1. The predicted octanol–water partition coefficient (Wildman–Crippen LogP) is 3.57. The molecule has 0 atom stereocenters. The monoisotopic (exact) mass is 439 g/mol. The number of hydrogen-bond donors (Lipinski definition) is 0. The van der Waals surface area contributed by atoms with Gasteiger partial charge in [-0.25, -0.2) is 0 Å². The van der Waals surface area contributed by atoms with Crippen LogP contribution in [-0.4, -0.2) is 81.7 Å². The van der Waals surface area contributed by atoms with E-state index >= 15 is 0 Å². The molecule has 0 spiro atoms. The van der Waals surface area contributed by atoms with E-state index in [-0.39, 0.29) is 0 Å². The van der Waals surface area contributed by atoms with Crippen molar-refractivity contribution in [3.63, 3.8) is 0 Å². The van der Waals surface area contributed by atoms with Crippen molar-refractivity contribution in [3.8, 4) is 6.07 Å². The van der Waals surface area contributed by atoms with Crippen molar-refractivity contribution < 1.29 is 0 Å². The molecule has 31 heavy (non-hydrogen) atoms. The number of benzene rings is 2. The number of rotatable bonds is 9. The van der Waals surface area contributed by atoms with Crippen molar-refractivity contribution in [2.45, 2.75) is 13.0 Å². The van der Waals surface area contributed by atoms with E-state index < -0.39 is 0 Å². The molecular formula is C25H34ClN5. The lowest BCUT2D eigenvalue weighted by Crippen LogP contribution is -2.46. The van der Waals surface area contributed by atoms with Gasteiger partial charge in [-0.1, -0.05) is 23.7 Å². The minimum Gasteiger partial charge on any atom is -0.373 e. The highest BCUT2D eigenvalue weighted by Gasteiger charge is 2.18. The molecule has 1 heterocycles. The Labute approximate surface area is 192 Å². The maximum Gasteiger partial charge on any atom is 0.0995 e. The molecule has 0 radical (unpaired) electrons. The molecule has 2 aromatic rings. The molecule has 0 N–H and O–H groups in total. The fourth-order valence-electron chi connectivity index (χ4n) is 3.89. The summed E-state index contributed by atoms with van der Waals surface area (Å²) < 4.78 is 0. The molecule has 166 valence electrons. The molecule has 0 bridgehead atoms. The summed E-state index contributed by atoms with van der Waals surface area (Å²) in [5, 5.41) is 10.4. The third-order valence-corrected chi connectivity index (χ3v) is 6.27. The molecule has 6 heteroatoms. The number of nitrogens with zero attached hydrogens (tertiary/aromatic N) is 5. The van der Waals surface area contributed by atoms with Crippen molar-refractivity contribution in [2.24, 2.45) is 0 Å². The summed E-state index contributed by atoms with van der Waals surface area (Å²) in [5.74, 6) is 0. The Morgan fingerprint density at radius 1 is 0.935 bits per heavy atom. The molecule has 2 aromatic carbocycles. The van der Waals surface area contributed by atoms with Gasteiger partial charge >= 0.3 is 0 Å². The molecule has 0 amide bonds. The first-order chi connectivity index (χ1) is 14.9. The van der Waals surface area contributed by atoms with E-state index in [1.54, 1.807) is 0 Å². The zero-order valence-electron chi connectivity index (χ0n) is 19.0. The van der Waals surface area contributed by atoms with Gasteiger partial charge in [-0.3, -0.25) is 4.90 Å². The van der Waals surface area contributed by atoms with Gasteiger partial charge in [0.15, 0.2) is 0 Å². The van der Waals surface area contributed by atoms with Gasteiger partial charge in [0.05, 0.1) is 11.6 Å². The molecule has 1 aliphatic heterocycles. The Balaban J connectivity index is 1.52. The summed E-state index contributed by atoms with van der Waals surface area (Å²) in [6.07, 6.45) is 1.05. The highest BCUT2D eigenvalue weighted by molar-refractivity contribution is 6.30. The molecule has 1 saturated heterocycles. The maximum atomic E-state index is 9.59. The normalized spacial score (nSPS) is 15.2. The average molecular weight is 440 g/mol. The Morgan fingerprint density at radius 2 is 1.61 bits per heavy atom. The summed E-state index contributed by atoms with van der Waals surface area (Å²) in [5.41, 5.74) is 4.43. The fraction of sp³-hybridized carbons (Fsp3) is 0.480. The molecule has 1 aliphatic rings. The molecular weight excluding hydrogens is 406 g/mol. The van der Waals surface area contributed by atoms with Crippen LogP contribution in [0.2, 0.25) is 5.02 Å².